The van der Waals surface area contributed by atoms with Gasteiger partial charge in [0.25, 0.3) is 6.01 Å². The second-order valence-electron chi connectivity index (χ2n) is 6.81. The van der Waals surface area contributed by atoms with Gasteiger partial charge in [0.15, 0.2) is 0 Å². The van der Waals surface area contributed by atoms with E-state index in [9.17, 15) is 0 Å². The van der Waals surface area contributed by atoms with Crippen LogP contribution in [0.5, 0.6) is 11.8 Å². The zero-order valence-electron chi connectivity index (χ0n) is 14.6. The van der Waals surface area contributed by atoms with Crippen LogP contribution in [0, 0.1) is 0 Å². The molecule has 1 N–H and O–H groups in total. The lowest BCUT2D eigenvalue weighted by Crippen LogP contribution is -2.26. The maximum atomic E-state index is 5.85. The highest BCUT2D eigenvalue weighted by molar-refractivity contribution is 5.75. The van der Waals surface area contributed by atoms with E-state index in [4.69, 9.17) is 4.74 Å². The van der Waals surface area contributed by atoms with E-state index in [1.165, 1.54) is 44.3 Å². The highest BCUT2D eigenvalue weighted by Gasteiger charge is 2.09. The van der Waals surface area contributed by atoms with Crippen LogP contribution in [-0.2, 0) is 6.42 Å². The van der Waals surface area contributed by atoms with E-state index in [0.29, 0.717) is 6.01 Å². The first-order chi connectivity index (χ1) is 12.4. The van der Waals surface area contributed by atoms with Crippen molar-refractivity contribution in [2.45, 2.75) is 32.1 Å². The molecule has 1 fully saturated rings. The third kappa shape index (κ3) is 4.20. The molecule has 1 aliphatic rings. The highest BCUT2D eigenvalue weighted by Crippen LogP contribution is 2.22. The fourth-order valence-corrected chi connectivity index (χ4v) is 3.46. The summed E-state index contributed by atoms with van der Waals surface area (Å²) in [6.07, 6.45) is 6.59. The van der Waals surface area contributed by atoms with E-state index in [1.54, 1.807) is 0 Å². The van der Waals surface area contributed by atoms with Crippen molar-refractivity contribution in [1.82, 2.24) is 14.9 Å². The number of imidazole rings is 1. The van der Waals surface area contributed by atoms with Crippen LogP contribution in [0.4, 0.5) is 0 Å². The molecular formula is C21H25N3O. The Morgan fingerprint density at radius 3 is 2.44 bits per heavy atom. The summed E-state index contributed by atoms with van der Waals surface area (Å²) in [5.41, 5.74) is 3.28. The Hall–Kier alpha value is -2.33. The summed E-state index contributed by atoms with van der Waals surface area (Å²) in [7, 11) is 0. The molecule has 0 unspecified atom stereocenters. The number of ether oxygens (including phenoxy) is 1. The summed E-state index contributed by atoms with van der Waals surface area (Å²) in [6, 6.07) is 16.9. The van der Waals surface area contributed by atoms with Crippen molar-refractivity contribution in [1.29, 1.82) is 0 Å². The first-order valence-electron chi connectivity index (χ1n) is 9.31. The number of para-hydroxylation sites is 2. The number of aromatic nitrogens is 2. The Balaban J connectivity index is 1.34. The minimum absolute atomic E-state index is 0.540. The van der Waals surface area contributed by atoms with Crippen LogP contribution >= 0.6 is 0 Å². The van der Waals surface area contributed by atoms with Crippen molar-refractivity contribution in [2.75, 3.05) is 19.6 Å². The van der Waals surface area contributed by atoms with Gasteiger partial charge in [0.1, 0.15) is 5.75 Å². The number of fused-ring (bicyclic) bond motifs is 1. The van der Waals surface area contributed by atoms with Gasteiger partial charge in [-0.2, -0.15) is 4.98 Å². The Morgan fingerprint density at radius 1 is 0.920 bits per heavy atom. The zero-order valence-corrected chi connectivity index (χ0v) is 14.6. The molecule has 3 aromatic rings. The Kier molecular flexibility index (Phi) is 4.98. The first kappa shape index (κ1) is 16.2. The average molecular weight is 335 g/mol. The summed E-state index contributed by atoms with van der Waals surface area (Å²) in [4.78, 5) is 10.2. The van der Waals surface area contributed by atoms with Crippen molar-refractivity contribution in [3.8, 4) is 11.8 Å². The first-order valence-corrected chi connectivity index (χ1v) is 9.31. The zero-order chi connectivity index (χ0) is 16.9. The molecule has 0 aliphatic carbocycles. The monoisotopic (exact) mass is 335 g/mol. The normalized spacial score (nSPS) is 16.0. The number of nitrogens with one attached hydrogen (secondary N) is 1. The number of aromatic amines is 1. The number of likely N-dealkylation sites (tertiary alicyclic amines) is 1. The van der Waals surface area contributed by atoms with E-state index < -0.39 is 0 Å². The maximum absolute atomic E-state index is 5.85. The van der Waals surface area contributed by atoms with E-state index in [0.717, 1.165) is 29.7 Å². The van der Waals surface area contributed by atoms with Gasteiger partial charge in [-0.05, 0) is 62.2 Å². The SMILES string of the molecule is c1ccc2[nH]c(Oc3ccc(CCN4CCCCCC4)cc3)nc2c1. The minimum atomic E-state index is 0.540. The van der Waals surface area contributed by atoms with Crippen LogP contribution in [0.1, 0.15) is 31.2 Å². The van der Waals surface area contributed by atoms with E-state index in [1.807, 2.05) is 36.4 Å². The predicted octanol–water partition coefficient (Wildman–Crippen LogP) is 4.77. The van der Waals surface area contributed by atoms with Crippen molar-refractivity contribution in [3.63, 3.8) is 0 Å². The molecular weight excluding hydrogens is 310 g/mol. The average Bonchev–Trinajstić information content (AvgIpc) is 2.86. The van der Waals surface area contributed by atoms with Gasteiger partial charge < -0.3 is 14.6 Å². The summed E-state index contributed by atoms with van der Waals surface area (Å²) in [5, 5.41) is 0. The third-order valence-electron chi connectivity index (χ3n) is 4.92. The molecule has 2 heterocycles. The van der Waals surface area contributed by atoms with Gasteiger partial charge in [0, 0.05) is 6.54 Å². The molecule has 4 rings (SSSR count). The molecule has 1 aromatic heterocycles. The molecule has 0 amide bonds. The number of nitrogens with zero attached hydrogens (tertiary/aromatic N) is 2. The molecule has 1 saturated heterocycles. The Bertz CT molecular complexity index is 768. The molecule has 0 atom stereocenters. The van der Waals surface area contributed by atoms with Gasteiger partial charge >= 0.3 is 0 Å². The summed E-state index contributed by atoms with van der Waals surface area (Å²) in [6.45, 7) is 3.67. The van der Waals surface area contributed by atoms with E-state index in [-0.39, 0.29) is 0 Å². The summed E-state index contributed by atoms with van der Waals surface area (Å²) >= 11 is 0. The van der Waals surface area contributed by atoms with E-state index >= 15 is 0 Å². The van der Waals surface area contributed by atoms with Gasteiger partial charge in [0.2, 0.25) is 0 Å². The summed E-state index contributed by atoms with van der Waals surface area (Å²) in [5.74, 6) is 0.817. The Morgan fingerprint density at radius 2 is 1.68 bits per heavy atom. The second kappa shape index (κ2) is 7.70. The number of hydrogen-bond acceptors (Lipinski definition) is 3. The summed E-state index contributed by atoms with van der Waals surface area (Å²) < 4.78 is 5.85. The Labute approximate surface area is 148 Å². The smallest absolute Gasteiger partial charge is 0.300 e. The van der Waals surface area contributed by atoms with Gasteiger partial charge in [0.05, 0.1) is 11.0 Å². The third-order valence-corrected chi connectivity index (χ3v) is 4.92. The molecule has 0 bridgehead atoms. The molecule has 0 saturated carbocycles. The standard InChI is InChI=1S/C21H25N3O/c1-2-6-15-24(14-5-1)16-13-17-9-11-18(12-10-17)25-21-22-19-7-3-4-8-20(19)23-21/h3-4,7-12H,1-2,5-6,13-16H2,(H,22,23). The van der Waals surface area contributed by atoms with Crippen LogP contribution in [0.3, 0.4) is 0 Å². The van der Waals surface area contributed by atoms with Crippen molar-refractivity contribution >= 4 is 11.0 Å². The number of benzene rings is 2. The molecule has 130 valence electrons. The fourth-order valence-electron chi connectivity index (χ4n) is 3.46. The lowest BCUT2D eigenvalue weighted by Gasteiger charge is -2.19. The quantitative estimate of drug-likeness (QED) is 0.730. The van der Waals surface area contributed by atoms with Crippen LogP contribution in [0.15, 0.2) is 48.5 Å². The molecule has 25 heavy (non-hydrogen) atoms. The number of H-pyrrole nitrogens is 1. The molecule has 0 spiro atoms. The maximum Gasteiger partial charge on any atom is 0.300 e. The van der Waals surface area contributed by atoms with E-state index in [2.05, 4.69) is 27.0 Å². The number of rotatable bonds is 5. The van der Waals surface area contributed by atoms with Crippen LogP contribution in [-0.4, -0.2) is 34.5 Å². The van der Waals surface area contributed by atoms with Crippen LogP contribution in [0.2, 0.25) is 0 Å². The van der Waals surface area contributed by atoms with Gasteiger partial charge in [-0.25, -0.2) is 0 Å². The lowest BCUT2D eigenvalue weighted by molar-refractivity contribution is 0.289. The topological polar surface area (TPSA) is 41.1 Å². The van der Waals surface area contributed by atoms with Crippen molar-refractivity contribution in [3.05, 3.63) is 54.1 Å². The number of hydrogen-bond donors (Lipinski definition) is 1. The molecule has 4 nitrogen and oxygen atoms in total. The molecule has 2 aromatic carbocycles. The van der Waals surface area contributed by atoms with Crippen LogP contribution in [0.25, 0.3) is 11.0 Å². The highest BCUT2D eigenvalue weighted by atomic mass is 16.5. The fraction of sp³-hybridized carbons (Fsp3) is 0.381. The lowest BCUT2D eigenvalue weighted by atomic mass is 10.1. The van der Waals surface area contributed by atoms with Crippen LogP contribution < -0.4 is 4.74 Å². The largest absolute Gasteiger partial charge is 0.426 e. The van der Waals surface area contributed by atoms with Crippen molar-refractivity contribution < 1.29 is 4.74 Å². The minimum Gasteiger partial charge on any atom is -0.426 e. The van der Waals surface area contributed by atoms with Gasteiger partial charge in [-0.15, -0.1) is 0 Å². The van der Waals surface area contributed by atoms with Gasteiger partial charge in [-0.1, -0.05) is 37.1 Å². The van der Waals surface area contributed by atoms with Gasteiger partial charge in [-0.3, -0.25) is 0 Å². The van der Waals surface area contributed by atoms with Crippen molar-refractivity contribution in [2.24, 2.45) is 0 Å². The predicted molar refractivity (Wildman–Crippen MR) is 101 cm³/mol. The molecule has 0 radical (unpaired) electrons. The molecule has 4 heteroatoms. The molecule has 1 aliphatic heterocycles. The second-order valence-corrected chi connectivity index (χ2v) is 6.81.